The van der Waals surface area contributed by atoms with E-state index in [0.29, 0.717) is 0 Å². The number of carboxylic acids is 3. The van der Waals surface area contributed by atoms with E-state index < -0.39 is 31.0 Å². The average molecular weight is 460 g/mol. The maximum Gasteiger partial charge on any atom is 2.00 e. The molecular weight excluding hydrogens is 430 g/mol. The number of nitrogens with zero attached hydrogens (tertiary/aromatic N) is 3. The predicted molar refractivity (Wildman–Crippen MR) is 106 cm³/mol. The third kappa shape index (κ3) is 16.3. The Labute approximate surface area is 204 Å². The smallest absolute Gasteiger partial charge is 0.480 e. The van der Waals surface area contributed by atoms with E-state index in [4.69, 9.17) is 15.3 Å². The van der Waals surface area contributed by atoms with Gasteiger partial charge in [-0.05, 0) is 0 Å². The monoisotopic (exact) mass is 459 g/mol. The van der Waals surface area contributed by atoms with Crippen molar-refractivity contribution in [3.8, 4) is 0 Å². The zero-order valence-corrected chi connectivity index (χ0v) is 19.5. The molecule has 0 unspecified atom stereocenters. The maximum atomic E-state index is 11.5. The van der Waals surface area contributed by atoms with Crippen molar-refractivity contribution in [2.24, 2.45) is 0 Å². The van der Waals surface area contributed by atoms with Crippen LogP contribution in [0.4, 0.5) is 0 Å². The van der Waals surface area contributed by atoms with E-state index in [9.17, 15) is 24.0 Å². The number of carboxylic acid groups (broad SMARTS) is 3. The van der Waals surface area contributed by atoms with E-state index >= 15 is 0 Å². The number of rotatable bonds is 16. The molecule has 0 heterocycles. The van der Waals surface area contributed by atoms with Gasteiger partial charge < -0.3 is 26.0 Å². The van der Waals surface area contributed by atoms with Crippen LogP contribution >= 0.6 is 0 Å². The molecule has 0 aliphatic rings. The van der Waals surface area contributed by atoms with Crippen LogP contribution in [0.15, 0.2) is 0 Å². The zero-order chi connectivity index (χ0) is 22.4. The minimum absolute atomic E-state index is 0. The minimum Gasteiger partial charge on any atom is -0.480 e. The first-order valence-electron chi connectivity index (χ1n) is 8.81. The minimum atomic E-state index is -1.13. The molecular formula is C16H29CaN5O8+2. The van der Waals surface area contributed by atoms with Gasteiger partial charge in [-0.2, -0.15) is 0 Å². The van der Waals surface area contributed by atoms with E-state index in [2.05, 4.69) is 10.6 Å². The number of carbonyl (C=O) groups is 5. The molecule has 0 aliphatic carbocycles. The van der Waals surface area contributed by atoms with Crippen molar-refractivity contribution in [2.75, 3.05) is 73.0 Å². The van der Waals surface area contributed by atoms with Gasteiger partial charge in [0.05, 0.1) is 32.7 Å². The molecule has 2 amide bonds. The second kappa shape index (κ2) is 17.2. The van der Waals surface area contributed by atoms with Crippen LogP contribution in [-0.2, 0) is 24.0 Å². The molecule has 166 valence electrons. The maximum absolute atomic E-state index is 11.5. The van der Waals surface area contributed by atoms with Gasteiger partial charge in [0.2, 0.25) is 11.8 Å². The van der Waals surface area contributed by atoms with Crippen molar-refractivity contribution in [3.05, 3.63) is 0 Å². The van der Waals surface area contributed by atoms with Gasteiger partial charge in [-0.3, -0.25) is 38.7 Å². The first-order valence-corrected chi connectivity index (χ1v) is 8.81. The SMILES string of the molecule is CNC(=O)CN(CCN(CCN(CC(=O)O)CC(=O)NC)CC(=O)O)CC(=O)O.[Ca+2]. The van der Waals surface area contributed by atoms with Crippen LogP contribution in [0.1, 0.15) is 0 Å². The molecule has 0 atom stereocenters. The number of hydrogen-bond donors (Lipinski definition) is 5. The van der Waals surface area contributed by atoms with Gasteiger partial charge in [0, 0.05) is 40.3 Å². The molecule has 13 nitrogen and oxygen atoms in total. The van der Waals surface area contributed by atoms with Gasteiger partial charge in [0.15, 0.2) is 0 Å². The summed E-state index contributed by atoms with van der Waals surface area (Å²) in [5.74, 6) is -4.13. The van der Waals surface area contributed by atoms with E-state index in [1.54, 1.807) is 0 Å². The molecule has 0 spiro atoms. The predicted octanol–water partition coefficient (Wildman–Crippen LogP) is -3.74. The largest absolute Gasteiger partial charge is 2.00 e. The second-order valence-corrected chi connectivity index (χ2v) is 6.23. The van der Waals surface area contributed by atoms with E-state index in [1.807, 2.05) is 0 Å². The van der Waals surface area contributed by atoms with Gasteiger partial charge in [0.25, 0.3) is 0 Å². The number of amides is 2. The summed E-state index contributed by atoms with van der Waals surface area (Å²) < 4.78 is 0. The Hall–Kier alpha value is -1.51. The van der Waals surface area contributed by atoms with Crippen LogP contribution in [0.25, 0.3) is 0 Å². The average Bonchev–Trinajstić information content (AvgIpc) is 2.61. The summed E-state index contributed by atoms with van der Waals surface area (Å²) in [6.45, 7) is -0.969. The molecule has 30 heavy (non-hydrogen) atoms. The van der Waals surface area contributed by atoms with Crippen LogP contribution in [-0.4, -0.2) is 170 Å². The molecule has 0 fully saturated rings. The van der Waals surface area contributed by atoms with Crippen LogP contribution in [0.5, 0.6) is 0 Å². The normalized spacial score (nSPS) is 10.6. The Morgan fingerprint density at radius 2 is 0.833 bits per heavy atom. The van der Waals surface area contributed by atoms with Crippen LogP contribution in [0.2, 0.25) is 0 Å². The van der Waals surface area contributed by atoms with Crippen LogP contribution in [0, 0.1) is 0 Å². The summed E-state index contributed by atoms with van der Waals surface area (Å²) in [5.41, 5.74) is 0. The molecule has 0 aromatic rings. The molecule has 0 saturated carbocycles. The topological polar surface area (TPSA) is 180 Å². The Kier molecular flexibility index (Phi) is 17.6. The van der Waals surface area contributed by atoms with Crippen LogP contribution in [0.3, 0.4) is 0 Å². The Morgan fingerprint density at radius 1 is 0.567 bits per heavy atom. The third-order valence-electron chi connectivity index (χ3n) is 3.83. The van der Waals surface area contributed by atoms with Crippen molar-refractivity contribution in [2.45, 2.75) is 0 Å². The Morgan fingerprint density at radius 3 is 1.10 bits per heavy atom. The fraction of sp³-hybridized carbons (Fsp3) is 0.688. The molecule has 0 radical (unpaired) electrons. The third-order valence-corrected chi connectivity index (χ3v) is 3.83. The summed E-state index contributed by atoms with van der Waals surface area (Å²) in [6.07, 6.45) is 0. The fourth-order valence-corrected chi connectivity index (χ4v) is 2.40. The fourth-order valence-electron chi connectivity index (χ4n) is 2.40. The molecule has 14 heteroatoms. The molecule has 5 N–H and O–H groups in total. The quantitative estimate of drug-likeness (QED) is 0.143. The van der Waals surface area contributed by atoms with E-state index in [1.165, 1.54) is 28.8 Å². The van der Waals surface area contributed by atoms with Gasteiger partial charge in [-0.15, -0.1) is 0 Å². The van der Waals surface area contributed by atoms with Gasteiger partial charge in [-0.25, -0.2) is 0 Å². The molecule has 0 rings (SSSR count). The van der Waals surface area contributed by atoms with Gasteiger partial charge in [0.1, 0.15) is 0 Å². The Balaban J connectivity index is 0. The van der Waals surface area contributed by atoms with Crippen molar-refractivity contribution < 1.29 is 39.3 Å². The number of nitrogens with one attached hydrogen (secondary N) is 2. The van der Waals surface area contributed by atoms with E-state index in [0.717, 1.165) is 0 Å². The first-order chi connectivity index (χ1) is 13.6. The summed E-state index contributed by atoms with van der Waals surface area (Å²) in [5, 5.41) is 31.8. The number of carbonyl (C=O) groups excluding carboxylic acids is 2. The van der Waals surface area contributed by atoms with Crippen molar-refractivity contribution in [1.82, 2.24) is 25.3 Å². The molecule has 0 aliphatic heterocycles. The van der Waals surface area contributed by atoms with Gasteiger partial charge >= 0.3 is 55.6 Å². The van der Waals surface area contributed by atoms with Crippen molar-refractivity contribution in [3.63, 3.8) is 0 Å². The van der Waals surface area contributed by atoms with Crippen LogP contribution < -0.4 is 10.6 Å². The van der Waals surface area contributed by atoms with Crippen molar-refractivity contribution >= 4 is 67.5 Å². The number of likely N-dealkylation sites (N-methyl/N-ethyl adjacent to an activating group) is 2. The van der Waals surface area contributed by atoms with E-state index in [-0.39, 0.29) is 95.4 Å². The molecule has 0 saturated heterocycles. The summed E-state index contributed by atoms with van der Waals surface area (Å²) >= 11 is 0. The molecule has 0 bridgehead atoms. The first kappa shape index (κ1) is 30.7. The number of aliphatic carboxylic acids is 3. The van der Waals surface area contributed by atoms with Crippen molar-refractivity contribution in [1.29, 1.82) is 0 Å². The molecule has 0 aromatic heterocycles. The summed E-state index contributed by atoms with van der Waals surface area (Å²) in [6, 6.07) is 0. The molecule has 0 aromatic carbocycles. The van der Waals surface area contributed by atoms with Gasteiger partial charge in [-0.1, -0.05) is 0 Å². The standard InChI is InChI=1S/C16H29N5O8.Ca/c1-17-12(22)7-20(10-15(26)27)5-3-19(9-14(24)25)4-6-21(11-16(28)29)8-13(23)18-2;/h3-11H2,1-2H3,(H,17,22)(H,18,23)(H,24,25)(H,26,27)(H,28,29);/q;+2. The Bertz CT molecular complexity index is 550. The second-order valence-electron chi connectivity index (χ2n) is 6.23. The summed E-state index contributed by atoms with van der Waals surface area (Å²) in [7, 11) is 2.84. The zero-order valence-electron chi connectivity index (χ0n) is 17.3. The summed E-state index contributed by atoms with van der Waals surface area (Å²) in [4.78, 5) is 60.3. The number of hydrogen-bond acceptors (Lipinski definition) is 8.